The summed E-state index contributed by atoms with van der Waals surface area (Å²) in [6, 6.07) is 6.08. The highest BCUT2D eigenvalue weighted by Gasteiger charge is 2.26. The average molecular weight is 412 g/mol. The van der Waals surface area contributed by atoms with E-state index in [-0.39, 0.29) is 11.5 Å². The number of hydrogen-bond donors (Lipinski definition) is 0. The Balaban J connectivity index is 1.38. The second-order valence-corrected chi connectivity index (χ2v) is 9.01. The third-order valence-electron chi connectivity index (χ3n) is 6.79. The normalized spacial score (nSPS) is 21.3. The summed E-state index contributed by atoms with van der Waals surface area (Å²) in [5.41, 5.74) is 3.73. The summed E-state index contributed by atoms with van der Waals surface area (Å²) in [6.45, 7) is 12.0. The summed E-state index contributed by atoms with van der Waals surface area (Å²) in [4.78, 5) is 31.5. The van der Waals surface area contributed by atoms with Crippen molar-refractivity contribution in [2.45, 2.75) is 52.6 Å². The number of aryl methyl sites for hydroxylation is 2. The van der Waals surface area contributed by atoms with Gasteiger partial charge in [0.2, 0.25) is 5.91 Å². The van der Waals surface area contributed by atoms with Crippen LogP contribution in [-0.2, 0) is 11.3 Å². The summed E-state index contributed by atoms with van der Waals surface area (Å²) < 4.78 is 5.43. The van der Waals surface area contributed by atoms with Crippen molar-refractivity contribution >= 4 is 16.9 Å². The van der Waals surface area contributed by atoms with Crippen LogP contribution in [0.4, 0.5) is 0 Å². The van der Waals surface area contributed by atoms with E-state index in [0.717, 1.165) is 68.6 Å². The number of piperazine rings is 1. The Kier molecular flexibility index (Phi) is 6.25. The van der Waals surface area contributed by atoms with E-state index in [1.807, 2.05) is 13.0 Å². The van der Waals surface area contributed by atoms with Gasteiger partial charge in [-0.3, -0.25) is 14.6 Å². The SMILES string of the molecule is Cc1cc2oc(=O)cc(CN3CCN(CC(=O)N4CCCC[C@H]4C)CC3)c2cc1C. The van der Waals surface area contributed by atoms with Crippen LogP contribution in [0, 0.1) is 13.8 Å². The molecular weight excluding hydrogens is 378 g/mol. The first-order valence-corrected chi connectivity index (χ1v) is 11.2. The van der Waals surface area contributed by atoms with Crippen LogP contribution in [-0.4, -0.2) is 65.9 Å². The van der Waals surface area contributed by atoms with E-state index in [1.54, 1.807) is 6.07 Å². The quantitative estimate of drug-likeness (QED) is 0.724. The van der Waals surface area contributed by atoms with Crippen molar-refractivity contribution in [3.05, 3.63) is 45.3 Å². The molecule has 2 aliphatic rings. The number of nitrogens with zero attached hydrogens (tertiary/aromatic N) is 3. The van der Waals surface area contributed by atoms with Crippen LogP contribution in [0.3, 0.4) is 0 Å². The van der Waals surface area contributed by atoms with Gasteiger partial charge in [0, 0.05) is 56.8 Å². The Bertz CT molecular complexity index is 976. The maximum absolute atomic E-state index is 12.7. The Morgan fingerprint density at radius 3 is 2.43 bits per heavy atom. The van der Waals surface area contributed by atoms with Crippen LogP contribution in [0.5, 0.6) is 0 Å². The molecule has 0 N–H and O–H groups in total. The van der Waals surface area contributed by atoms with Crippen molar-refractivity contribution in [2.75, 3.05) is 39.3 Å². The van der Waals surface area contributed by atoms with Crippen LogP contribution < -0.4 is 5.63 Å². The number of amides is 1. The Morgan fingerprint density at radius 1 is 1.00 bits per heavy atom. The van der Waals surface area contributed by atoms with Crippen molar-refractivity contribution in [3.8, 4) is 0 Å². The molecule has 3 heterocycles. The van der Waals surface area contributed by atoms with Crippen molar-refractivity contribution in [1.82, 2.24) is 14.7 Å². The predicted molar refractivity (Wildman–Crippen MR) is 119 cm³/mol. The Hall–Kier alpha value is -2.18. The largest absolute Gasteiger partial charge is 0.423 e. The zero-order valence-corrected chi connectivity index (χ0v) is 18.4. The van der Waals surface area contributed by atoms with E-state index in [9.17, 15) is 9.59 Å². The van der Waals surface area contributed by atoms with Crippen LogP contribution in [0.15, 0.2) is 27.4 Å². The fourth-order valence-corrected chi connectivity index (χ4v) is 4.71. The molecule has 1 aromatic heterocycles. The molecule has 0 saturated carbocycles. The van der Waals surface area contributed by atoms with Crippen LogP contribution >= 0.6 is 0 Å². The van der Waals surface area contributed by atoms with Crippen LogP contribution in [0.1, 0.15) is 42.9 Å². The number of likely N-dealkylation sites (tertiary alicyclic amines) is 1. The highest BCUT2D eigenvalue weighted by molar-refractivity contribution is 5.82. The zero-order chi connectivity index (χ0) is 21.3. The number of rotatable bonds is 4. The maximum atomic E-state index is 12.7. The van der Waals surface area contributed by atoms with Gasteiger partial charge in [-0.05, 0) is 68.9 Å². The Labute approximate surface area is 178 Å². The summed E-state index contributed by atoms with van der Waals surface area (Å²) in [7, 11) is 0. The Morgan fingerprint density at radius 2 is 1.70 bits per heavy atom. The van der Waals surface area contributed by atoms with Crippen molar-refractivity contribution in [2.24, 2.45) is 0 Å². The van der Waals surface area contributed by atoms with Gasteiger partial charge in [0.1, 0.15) is 5.58 Å². The van der Waals surface area contributed by atoms with Crippen LogP contribution in [0.2, 0.25) is 0 Å². The van der Waals surface area contributed by atoms with Gasteiger partial charge in [-0.1, -0.05) is 0 Å². The molecule has 2 aromatic rings. The molecule has 1 aromatic carbocycles. The van der Waals surface area contributed by atoms with Gasteiger partial charge < -0.3 is 9.32 Å². The molecule has 0 unspecified atom stereocenters. The second-order valence-electron chi connectivity index (χ2n) is 9.01. The monoisotopic (exact) mass is 411 g/mol. The molecule has 2 aliphatic heterocycles. The molecule has 2 saturated heterocycles. The van der Waals surface area contributed by atoms with Crippen molar-refractivity contribution in [1.29, 1.82) is 0 Å². The number of fused-ring (bicyclic) bond motifs is 1. The van der Waals surface area contributed by atoms with Gasteiger partial charge in [0.05, 0.1) is 6.54 Å². The number of benzene rings is 1. The zero-order valence-electron chi connectivity index (χ0n) is 18.4. The third-order valence-corrected chi connectivity index (χ3v) is 6.79. The molecule has 1 amide bonds. The average Bonchev–Trinajstić information content (AvgIpc) is 2.71. The molecule has 162 valence electrons. The second kappa shape index (κ2) is 8.90. The van der Waals surface area contributed by atoms with Crippen LogP contribution in [0.25, 0.3) is 11.0 Å². The van der Waals surface area contributed by atoms with Gasteiger partial charge in [-0.2, -0.15) is 0 Å². The van der Waals surface area contributed by atoms with Gasteiger partial charge in [0.25, 0.3) is 0 Å². The summed E-state index contributed by atoms with van der Waals surface area (Å²) in [5, 5.41) is 1.02. The molecule has 1 atom stereocenters. The van der Waals surface area contributed by atoms with E-state index in [2.05, 4.69) is 34.6 Å². The minimum absolute atomic E-state index is 0.271. The van der Waals surface area contributed by atoms with E-state index < -0.39 is 0 Å². The lowest BCUT2D eigenvalue weighted by molar-refractivity contribution is -0.136. The van der Waals surface area contributed by atoms with Gasteiger partial charge in [0.15, 0.2) is 0 Å². The van der Waals surface area contributed by atoms with Crippen molar-refractivity contribution < 1.29 is 9.21 Å². The van der Waals surface area contributed by atoms with E-state index in [4.69, 9.17) is 4.42 Å². The first kappa shape index (κ1) is 21.1. The minimum Gasteiger partial charge on any atom is -0.423 e. The molecule has 0 bridgehead atoms. The first-order valence-electron chi connectivity index (χ1n) is 11.2. The molecule has 30 heavy (non-hydrogen) atoms. The summed E-state index contributed by atoms with van der Waals surface area (Å²) in [6.07, 6.45) is 3.48. The molecule has 0 spiro atoms. The highest BCUT2D eigenvalue weighted by Crippen LogP contribution is 2.23. The van der Waals surface area contributed by atoms with Crippen molar-refractivity contribution in [3.63, 3.8) is 0 Å². The van der Waals surface area contributed by atoms with E-state index in [1.165, 1.54) is 12.0 Å². The fraction of sp³-hybridized carbons (Fsp3) is 0.583. The summed E-state index contributed by atoms with van der Waals surface area (Å²) in [5.74, 6) is 0.271. The fourth-order valence-electron chi connectivity index (χ4n) is 4.71. The lowest BCUT2D eigenvalue weighted by Gasteiger charge is -2.38. The van der Waals surface area contributed by atoms with Gasteiger partial charge >= 0.3 is 5.63 Å². The third kappa shape index (κ3) is 4.60. The number of carbonyl (C=O) groups excluding carboxylic acids is 1. The first-order chi connectivity index (χ1) is 14.4. The maximum Gasteiger partial charge on any atom is 0.336 e. The summed E-state index contributed by atoms with van der Waals surface area (Å²) >= 11 is 0. The topological polar surface area (TPSA) is 57.0 Å². The lowest BCUT2D eigenvalue weighted by atomic mass is 10.0. The standard InChI is InChI=1S/C24H33N3O3/c1-17-12-21-20(14-24(29)30-22(21)13-18(17)2)15-25-8-10-26(11-9-25)16-23(28)27-7-5-4-6-19(27)3/h12-14,19H,4-11,15-16H2,1-3H3/t19-/m1/s1. The molecule has 6 nitrogen and oxygen atoms in total. The molecule has 4 rings (SSSR count). The van der Waals surface area contributed by atoms with E-state index >= 15 is 0 Å². The number of carbonyl (C=O) groups is 1. The van der Waals surface area contributed by atoms with E-state index in [0.29, 0.717) is 18.2 Å². The molecule has 6 heteroatoms. The molecule has 2 fully saturated rings. The molecule has 0 aliphatic carbocycles. The number of hydrogen-bond acceptors (Lipinski definition) is 5. The molecule has 0 radical (unpaired) electrons. The lowest BCUT2D eigenvalue weighted by Crippen LogP contribution is -2.51. The van der Waals surface area contributed by atoms with Gasteiger partial charge in [-0.25, -0.2) is 4.79 Å². The number of piperidine rings is 1. The smallest absolute Gasteiger partial charge is 0.336 e. The predicted octanol–water partition coefficient (Wildman–Crippen LogP) is 2.93. The molecular formula is C24H33N3O3. The highest BCUT2D eigenvalue weighted by atomic mass is 16.4. The minimum atomic E-state index is -0.291. The van der Waals surface area contributed by atoms with Gasteiger partial charge in [-0.15, -0.1) is 0 Å².